The van der Waals surface area contributed by atoms with Crippen molar-refractivity contribution in [2.24, 2.45) is 17.6 Å². The molecule has 112 valence electrons. The van der Waals surface area contributed by atoms with E-state index in [9.17, 15) is 4.79 Å². The van der Waals surface area contributed by atoms with Gasteiger partial charge in [0.15, 0.2) is 0 Å². The Balaban J connectivity index is 2.11. The molecule has 1 saturated heterocycles. The lowest BCUT2D eigenvalue weighted by atomic mass is 9.90. The summed E-state index contributed by atoms with van der Waals surface area (Å²) in [6, 6.07) is 0.159. The van der Waals surface area contributed by atoms with Gasteiger partial charge in [0.25, 0.3) is 5.91 Å². The van der Waals surface area contributed by atoms with Crippen LogP contribution in [-0.2, 0) is 6.42 Å². The molecular weight excluding hydrogens is 270 g/mol. The Kier molecular flexibility index (Phi) is 5.16. The minimum Gasteiger partial charge on any atom is -0.333 e. The molecule has 0 bridgehead atoms. The monoisotopic (exact) mass is 295 g/mol. The number of carbonyl (C=O) groups excluding carboxylic acids is 1. The van der Waals surface area contributed by atoms with E-state index in [1.165, 1.54) is 0 Å². The second-order valence-corrected chi connectivity index (χ2v) is 7.09. The van der Waals surface area contributed by atoms with Crippen molar-refractivity contribution in [3.8, 4) is 0 Å². The predicted octanol–water partition coefficient (Wildman–Crippen LogP) is 2.54. The van der Waals surface area contributed by atoms with Crippen molar-refractivity contribution in [2.45, 2.75) is 46.1 Å². The molecule has 0 unspecified atom stereocenters. The topological polar surface area (TPSA) is 59.2 Å². The maximum absolute atomic E-state index is 12.6. The maximum Gasteiger partial charge on any atom is 0.273 e. The van der Waals surface area contributed by atoms with Gasteiger partial charge in [-0.15, -0.1) is 11.3 Å². The zero-order valence-corrected chi connectivity index (χ0v) is 13.4. The van der Waals surface area contributed by atoms with Crippen LogP contribution in [0.4, 0.5) is 0 Å². The molecule has 0 radical (unpaired) electrons. The standard InChI is InChI=1S/C15H25N3OS/c1-10(2)7-14-17-12(9-20-14)15(19)18-6-4-5-11(3)13(18)8-16/h9-11,13H,4-8,16H2,1-3H3/t11-,13-/m1/s1. The van der Waals surface area contributed by atoms with Gasteiger partial charge >= 0.3 is 0 Å². The summed E-state index contributed by atoms with van der Waals surface area (Å²) in [4.78, 5) is 19.1. The lowest BCUT2D eigenvalue weighted by Gasteiger charge is -2.39. The van der Waals surface area contributed by atoms with Crippen LogP contribution in [0, 0.1) is 11.8 Å². The normalized spacial score (nSPS) is 23.4. The molecule has 5 heteroatoms. The molecule has 1 amide bonds. The van der Waals surface area contributed by atoms with E-state index < -0.39 is 0 Å². The Hall–Kier alpha value is -0.940. The zero-order chi connectivity index (χ0) is 14.7. The van der Waals surface area contributed by atoms with Crippen molar-refractivity contribution in [1.29, 1.82) is 0 Å². The van der Waals surface area contributed by atoms with E-state index in [1.54, 1.807) is 11.3 Å². The van der Waals surface area contributed by atoms with Crippen molar-refractivity contribution >= 4 is 17.2 Å². The number of amides is 1. The summed E-state index contributed by atoms with van der Waals surface area (Å²) >= 11 is 1.59. The van der Waals surface area contributed by atoms with Crippen LogP contribution >= 0.6 is 11.3 Å². The first-order chi connectivity index (χ1) is 9.52. The third-order valence-electron chi connectivity index (χ3n) is 3.97. The van der Waals surface area contributed by atoms with E-state index in [4.69, 9.17) is 5.73 Å². The molecule has 2 rings (SSSR count). The first-order valence-corrected chi connectivity index (χ1v) is 8.36. The minimum absolute atomic E-state index is 0.0539. The Bertz CT molecular complexity index is 458. The summed E-state index contributed by atoms with van der Waals surface area (Å²) in [6.07, 6.45) is 3.16. The fourth-order valence-corrected chi connectivity index (χ4v) is 3.84. The highest BCUT2D eigenvalue weighted by Crippen LogP contribution is 2.25. The molecule has 1 aromatic heterocycles. The molecule has 0 saturated carbocycles. The lowest BCUT2D eigenvalue weighted by Crippen LogP contribution is -2.51. The van der Waals surface area contributed by atoms with Gasteiger partial charge in [-0.2, -0.15) is 0 Å². The molecule has 1 aromatic rings. The Morgan fingerprint density at radius 1 is 1.60 bits per heavy atom. The Morgan fingerprint density at radius 2 is 2.35 bits per heavy atom. The first-order valence-electron chi connectivity index (χ1n) is 7.48. The van der Waals surface area contributed by atoms with Gasteiger partial charge in [-0.25, -0.2) is 4.98 Å². The predicted molar refractivity (Wildman–Crippen MR) is 82.9 cm³/mol. The number of thiazole rings is 1. The second kappa shape index (κ2) is 6.68. The van der Waals surface area contributed by atoms with Crippen LogP contribution in [0.1, 0.15) is 49.1 Å². The average molecular weight is 295 g/mol. The van der Waals surface area contributed by atoms with Crippen molar-refractivity contribution in [1.82, 2.24) is 9.88 Å². The SMILES string of the molecule is CC(C)Cc1nc(C(=O)N2CCC[C@@H](C)[C@H]2CN)cs1. The molecule has 1 fully saturated rings. The van der Waals surface area contributed by atoms with Gasteiger partial charge in [0.1, 0.15) is 5.69 Å². The van der Waals surface area contributed by atoms with Crippen LogP contribution in [0.5, 0.6) is 0 Å². The number of nitrogens with zero attached hydrogens (tertiary/aromatic N) is 2. The van der Waals surface area contributed by atoms with Crippen LogP contribution in [0.15, 0.2) is 5.38 Å². The quantitative estimate of drug-likeness (QED) is 0.928. The molecule has 2 atom stereocenters. The molecular formula is C15H25N3OS. The number of rotatable bonds is 4. The zero-order valence-electron chi connectivity index (χ0n) is 12.6. The third-order valence-corrected chi connectivity index (χ3v) is 4.84. The molecule has 2 N–H and O–H groups in total. The van der Waals surface area contributed by atoms with E-state index in [0.717, 1.165) is 30.8 Å². The van der Waals surface area contributed by atoms with E-state index in [0.29, 0.717) is 24.1 Å². The first kappa shape index (κ1) is 15.4. The number of likely N-dealkylation sites (tertiary alicyclic amines) is 1. The summed E-state index contributed by atoms with van der Waals surface area (Å²) in [5.41, 5.74) is 6.45. The minimum atomic E-state index is 0.0539. The van der Waals surface area contributed by atoms with E-state index in [2.05, 4.69) is 25.8 Å². The van der Waals surface area contributed by atoms with Crippen LogP contribution < -0.4 is 5.73 Å². The van der Waals surface area contributed by atoms with Crippen molar-refractivity contribution in [2.75, 3.05) is 13.1 Å². The molecule has 2 heterocycles. The molecule has 20 heavy (non-hydrogen) atoms. The molecule has 0 aliphatic carbocycles. The Morgan fingerprint density at radius 3 is 3.00 bits per heavy atom. The lowest BCUT2D eigenvalue weighted by molar-refractivity contribution is 0.0527. The summed E-state index contributed by atoms with van der Waals surface area (Å²) < 4.78 is 0. The summed E-state index contributed by atoms with van der Waals surface area (Å²) in [5, 5.41) is 2.95. The number of piperidine rings is 1. The van der Waals surface area contributed by atoms with Crippen molar-refractivity contribution in [3.63, 3.8) is 0 Å². The molecule has 4 nitrogen and oxygen atoms in total. The van der Waals surface area contributed by atoms with Gasteiger partial charge in [-0.1, -0.05) is 20.8 Å². The maximum atomic E-state index is 12.6. The third kappa shape index (κ3) is 3.38. The highest BCUT2D eigenvalue weighted by Gasteiger charge is 2.32. The van der Waals surface area contributed by atoms with Crippen LogP contribution in [0.25, 0.3) is 0 Å². The molecule has 0 spiro atoms. The van der Waals surface area contributed by atoms with Gasteiger partial charge < -0.3 is 10.6 Å². The number of aromatic nitrogens is 1. The fraction of sp³-hybridized carbons (Fsp3) is 0.733. The fourth-order valence-electron chi connectivity index (χ4n) is 2.86. The van der Waals surface area contributed by atoms with Gasteiger partial charge in [0, 0.05) is 30.9 Å². The number of nitrogens with two attached hydrogens (primary N) is 1. The van der Waals surface area contributed by atoms with Gasteiger partial charge in [0.2, 0.25) is 0 Å². The number of hydrogen-bond donors (Lipinski definition) is 1. The average Bonchev–Trinajstić information content (AvgIpc) is 2.85. The highest BCUT2D eigenvalue weighted by molar-refractivity contribution is 7.09. The molecule has 1 aliphatic rings. The smallest absolute Gasteiger partial charge is 0.273 e. The van der Waals surface area contributed by atoms with Crippen LogP contribution in [0.3, 0.4) is 0 Å². The summed E-state index contributed by atoms with van der Waals surface area (Å²) in [6.45, 7) is 7.86. The summed E-state index contributed by atoms with van der Waals surface area (Å²) in [7, 11) is 0. The molecule has 1 aliphatic heterocycles. The van der Waals surface area contributed by atoms with Gasteiger partial charge in [0.05, 0.1) is 5.01 Å². The van der Waals surface area contributed by atoms with Gasteiger partial charge in [-0.3, -0.25) is 4.79 Å². The molecule has 0 aromatic carbocycles. The summed E-state index contributed by atoms with van der Waals surface area (Å²) in [5.74, 6) is 1.10. The number of carbonyl (C=O) groups is 1. The van der Waals surface area contributed by atoms with Crippen LogP contribution in [0.2, 0.25) is 0 Å². The van der Waals surface area contributed by atoms with E-state index >= 15 is 0 Å². The largest absolute Gasteiger partial charge is 0.333 e. The number of hydrogen-bond acceptors (Lipinski definition) is 4. The van der Waals surface area contributed by atoms with Gasteiger partial charge in [-0.05, 0) is 24.7 Å². The van der Waals surface area contributed by atoms with Crippen LogP contribution in [-0.4, -0.2) is 34.9 Å². The van der Waals surface area contributed by atoms with E-state index in [1.807, 2.05) is 10.3 Å². The second-order valence-electron chi connectivity index (χ2n) is 6.15. The highest BCUT2D eigenvalue weighted by atomic mass is 32.1. The van der Waals surface area contributed by atoms with E-state index in [-0.39, 0.29) is 11.9 Å². The van der Waals surface area contributed by atoms with Crippen molar-refractivity contribution < 1.29 is 4.79 Å². The Labute approximate surface area is 125 Å². The van der Waals surface area contributed by atoms with Crippen molar-refractivity contribution in [3.05, 3.63) is 16.1 Å².